The lowest BCUT2D eigenvalue weighted by atomic mass is 10.2. The van der Waals surface area contributed by atoms with Gasteiger partial charge >= 0.3 is 0 Å². The van der Waals surface area contributed by atoms with Gasteiger partial charge in [0.05, 0.1) is 11.5 Å². The molecule has 7 heteroatoms. The summed E-state index contributed by atoms with van der Waals surface area (Å²) in [6.45, 7) is -0.421. The Kier molecular flexibility index (Phi) is 4.19. The Balaban J connectivity index is 2.46. The number of nitrogens with two attached hydrogens (primary N) is 1. The van der Waals surface area contributed by atoms with Gasteiger partial charge in [-0.1, -0.05) is 6.07 Å². The van der Waals surface area contributed by atoms with Crippen molar-refractivity contribution in [2.75, 3.05) is 13.2 Å². The van der Waals surface area contributed by atoms with E-state index in [2.05, 4.69) is 0 Å². The summed E-state index contributed by atoms with van der Waals surface area (Å²) in [5.41, 5.74) is 5.43. The van der Waals surface area contributed by atoms with Crippen LogP contribution in [0.5, 0.6) is 0 Å². The van der Waals surface area contributed by atoms with Crippen molar-refractivity contribution >= 4 is 10.0 Å². The molecule has 1 aromatic rings. The smallest absolute Gasteiger partial charge is 0.243 e. The van der Waals surface area contributed by atoms with E-state index in [1.807, 2.05) is 0 Å². The molecule has 5 nitrogen and oxygen atoms in total. The molecule has 0 radical (unpaired) electrons. The summed E-state index contributed by atoms with van der Waals surface area (Å²) in [5.74, 6) is -0.622. The molecule has 1 aliphatic carbocycles. The minimum Gasteiger partial charge on any atom is -0.395 e. The first-order valence-electron chi connectivity index (χ1n) is 6.12. The molecule has 0 unspecified atom stereocenters. The first-order chi connectivity index (χ1) is 9.02. The van der Waals surface area contributed by atoms with Crippen molar-refractivity contribution in [2.45, 2.75) is 30.3 Å². The van der Waals surface area contributed by atoms with Crippen LogP contribution >= 0.6 is 0 Å². The van der Waals surface area contributed by atoms with Crippen LogP contribution in [0.25, 0.3) is 0 Å². The average molecular weight is 288 g/mol. The van der Waals surface area contributed by atoms with E-state index in [1.54, 1.807) is 0 Å². The number of halogens is 1. The van der Waals surface area contributed by atoms with E-state index < -0.39 is 15.8 Å². The van der Waals surface area contributed by atoms with E-state index in [1.165, 1.54) is 22.5 Å². The Morgan fingerprint density at radius 2 is 2.11 bits per heavy atom. The molecule has 0 aliphatic heterocycles. The number of aliphatic hydroxyl groups is 1. The topological polar surface area (TPSA) is 83.6 Å². The van der Waals surface area contributed by atoms with Gasteiger partial charge in [0, 0.05) is 24.7 Å². The van der Waals surface area contributed by atoms with Crippen LogP contribution in [0.3, 0.4) is 0 Å². The normalized spacial score (nSPS) is 16.0. The van der Waals surface area contributed by atoms with Gasteiger partial charge in [-0.3, -0.25) is 0 Å². The van der Waals surface area contributed by atoms with Crippen molar-refractivity contribution < 1.29 is 17.9 Å². The molecule has 0 atom stereocenters. The number of sulfonamides is 1. The highest BCUT2D eigenvalue weighted by molar-refractivity contribution is 7.89. The standard InChI is InChI=1S/C12H17FN2O3S/c13-11-2-1-3-12(10(11)8-14)19(17,18)15(6-7-16)9-4-5-9/h1-3,9,16H,4-8,14H2. The molecule has 1 fully saturated rings. The number of hydrogen-bond donors (Lipinski definition) is 2. The summed E-state index contributed by atoms with van der Waals surface area (Å²) in [5, 5.41) is 9.00. The minimum atomic E-state index is -3.81. The monoisotopic (exact) mass is 288 g/mol. The zero-order chi connectivity index (χ0) is 14.0. The average Bonchev–Trinajstić information content (AvgIpc) is 3.19. The largest absolute Gasteiger partial charge is 0.395 e. The molecule has 1 aliphatic rings. The second-order valence-electron chi connectivity index (χ2n) is 4.49. The fourth-order valence-electron chi connectivity index (χ4n) is 2.07. The molecular weight excluding hydrogens is 271 g/mol. The number of rotatable bonds is 6. The van der Waals surface area contributed by atoms with E-state index in [0.29, 0.717) is 0 Å². The van der Waals surface area contributed by atoms with Gasteiger partial charge in [0.1, 0.15) is 5.82 Å². The number of aliphatic hydroxyl groups excluding tert-OH is 1. The van der Waals surface area contributed by atoms with Crippen LogP contribution in [0, 0.1) is 5.82 Å². The second kappa shape index (κ2) is 5.54. The third-order valence-corrected chi connectivity index (χ3v) is 5.18. The first-order valence-corrected chi connectivity index (χ1v) is 7.56. The van der Waals surface area contributed by atoms with Crippen LogP contribution in [-0.2, 0) is 16.6 Å². The summed E-state index contributed by atoms with van der Waals surface area (Å²) < 4.78 is 39.9. The lowest BCUT2D eigenvalue weighted by molar-refractivity contribution is 0.250. The molecule has 0 aromatic heterocycles. The maximum atomic E-state index is 13.6. The van der Waals surface area contributed by atoms with Crippen LogP contribution in [0.2, 0.25) is 0 Å². The van der Waals surface area contributed by atoms with Gasteiger partial charge in [0.2, 0.25) is 10.0 Å². The van der Waals surface area contributed by atoms with Crippen molar-refractivity contribution in [1.82, 2.24) is 4.31 Å². The Bertz CT molecular complexity index is 558. The maximum absolute atomic E-state index is 13.6. The van der Waals surface area contributed by atoms with E-state index >= 15 is 0 Å². The zero-order valence-corrected chi connectivity index (χ0v) is 11.2. The van der Waals surface area contributed by atoms with Crippen LogP contribution in [0.4, 0.5) is 4.39 Å². The quantitative estimate of drug-likeness (QED) is 0.795. The first kappa shape index (κ1) is 14.4. The summed E-state index contributed by atoms with van der Waals surface area (Å²) in [6.07, 6.45) is 1.54. The zero-order valence-electron chi connectivity index (χ0n) is 10.4. The van der Waals surface area contributed by atoms with Crippen LogP contribution in [0.1, 0.15) is 18.4 Å². The van der Waals surface area contributed by atoms with Crippen molar-refractivity contribution in [2.24, 2.45) is 5.73 Å². The van der Waals surface area contributed by atoms with Gasteiger partial charge in [-0.15, -0.1) is 0 Å². The molecular formula is C12H17FN2O3S. The van der Waals surface area contributed by atoms with E-state index in [-0.39, 0.29) is 36.2 Å². The van der Waals surface area contributed by atoms with Gasteiger partial charge in [-0.05, 0) is 25.0 Å². The third kappa shape index (κ3) is 2.79. The fraction of sp³-hybridized carbons (Fsp3) is 0.500. The van der Waals surface area contributed by atoms with Gasteiger partial charge in [-0.2, -0.15) is 4.31 Å². The molecule has 19 heavy (non-hydrogen) atoms. The molecule has 0 bridgehead atoms. The minimum absolute atomic E-state index is 0.00825. The van der Waals surface area contributed by atoms with Crippen molar-refractivity contribution in [3.8, 4) is 0 Å². The summed E-state index contributed by atoms with van der Waals surface area (Å²) in [4.78, 5) is -0.102. The van der Waals surface area contributed by atoms with E-state index in [4.69, 9.17) is 10.8 Å². The molecule has 0 heterocycles. The van der Waals surface area contributed by atoms with Crippen molar-refractivity contribution in [3.05, 3.63) is 29.6 Å². The van der Waals surface area contributed by atoms with Crippen LogP contribution in [0.15, 0.2) is 23.1 Å². The predicted molar refractivity (Wildman–Crippen MR) is 68.3 cm³/mol. The Morgan fingerprint density at radius 3 is 2.63 bits per heavy atom. The number of benzene rings is 1. The molecule has 1 saturated carbocycles. The van der Waals surface area contributed by atoms with Crippen LogP contribution in [-0.4, -0.2) is 37.0 Å². The highest BCUT2D eigenvalue weighted by atomic mass is 32.2. The highest BCUT2D eigenvalue weighted by Gasteiger charge is 2.38. The summed E-state index contributed by atoms with van der Waals surface area (Å²) in [6, 6.07) is 3.80. The SMILES string of the molecule is NCc1c(F)cccc1S(=O)(=O)N(CCO)C1CC1. The summed E-state index contributed by atoms with van der Waals surface area (Å²) >= 11 is 0. The molecule has 0 amide bonds. The fourth-order valence-corrected chi connectivity index (χ4v) is 3.99. The van der Waals surface area contributed by atoms with E-state index in [0.717, 1.165) is 12.8 Å². The van der Waals surface area contributed by atoms with Gasteiger partial charge in [-0.25, -0.2) is 12.8 Å². The lowest BCUT2D eigenvalue weighted by Crippen LogP contribution is -2.36. The van der Waals surface area contributed by atoms with Gasteiger partial charge in [0.15, 0.2) is 0 Å². The number of hydrogen-bond acceptors (Lipinski definition) is 4. The molecule has 1 aromatic carbocycles. The second-order valence-corrected chi connectivity index (χ2v) is 6.35. The predicted octanol–water partition coefficient (Wildman–Crippen LogP) is 0.430. The van der Waals surface area contributed by atoms with Crippen molar-refractivity contribution in [3.63, 3.8) is 0 Å². The van der Waals surface area contributed by atoms with Gasteiger partial charge < -0.3 is 10.8 Å². The number of nitrogens with zero attached hydrogens (tertiary/aromatic N) is 1. The Hall–Kier alpha value is -1.02. The molecule has 3 N–H and O–H groups in total. The third-order valence-electron chi connectivity index (χ3n) is 3.14. The highest BCUT2D eigenvalue weighted by Crippen LogP contribution is 2.33. The maximum Gasteiger partial charge on any atom is 0.243 e. The molecule has 0 saturated heterocycles. The lowest BCUT2D eigenvalue weighted by Gasteiger charge is -2.22. The Labute approximate surface area is 111 Å². The Morgan fingerprint density at radius 1 is 1.42 bits per heavy atom. The van der Waals surface area contributed by atoms with E-state index in [9.17, 15) is 12.8 Å². The molecule has 0 spiro atoms. The van der Waals surface area contributed by atoms with Crippen molar-refractivity contribution in [1.29, 1.82) is 0 Å². The molecule has 106 valence electrons. The molecule has 2 rings (SSSR count). The van der Waals surface area contributed by atoms with Crippen LogP contribution < -0.4 is 5.73 Å². The summed E-state index contributed by atoms with van der Waals surface area (Å²) in [7, 11) is -3.81. The van der Waals surface area contributed by atoms with Gasteiger partial charge in [0.25, 0.3) is 0 Å².